The van der Waals surface area contributed by atoms with Crippen molar-refractivity contribution in [2.24, 2.45) is 0 Å². The molecule has 1 aromatic heterocycles. The van der Waals surface area contributed by atoms with E-state index < -0.39 is 30.4 Å². The van der Waals surface area contributed by atoms with Crippen LogP contribution in [0.4, 0.5) is 13.2 Å². The van der Waals surface area contributed by atoms with Crippen molar-refractivity contribution < 1.29 is 32.3 Å². The number of carboxylic acid groups (broad SMARTS) is 1. The Morgan fingerprint density at radius 2 is 1.88 bits per heavy atom. The number of hydrogen-bond acceptors (Lipinski definition) is 3. The zero-order valence-electron chi connectivity index (χ0n) is 13.3. The number of carbonyl (C=O) groups is 2. The third-order valence-corrected chi connectivity index (χ3v) is 3.65. The summed E-state index contributed by atoms with van der Waals surface area (Å²) in [5.41, 5.74) is -0.0474. The van der Waals surface area contributed by atoms with Crippen LogP contribution in [0, 0.1) is 6.92 Å². The fourth-order valence-electron chi connectivity index (χ4n) is 2.39. The van der Waals surface area contributed by atoms with Gasteiger partial charge in [-0.1, -0.05) is 30.3 Å². The van der Waals surface area contributed by atoms with E-state index in [0.717, 1.165) is 0 Å². The summed E-state index contributed by atoms with van der Waals surface area (Å²) >= 11 is 0. The Bertz CT molecular complexity index is 753. The van der Waals surface area contributed by atoms with Crippen LogP contribution in [-0.4, -0.2) is 23.2 Å². The lowest BCUT2D eigenvalue weighted by atomic mass is 9.95. The van der Waals surface area contributed by atoms with Crippen LogP contribution in [0.1, 0.15) is 39.8 Å². The number of hydrogen-bond donors (Lipinski definition) is 2. The van der Waals surface area contributed by atoms with Gasteiger partial charge in [-0.3, -0.25) is 4.79 Å². The van der Waals surface area contributed by atoms with Crippen molar-refractivity contribution in [3.8, 4) is 0 Å². The van der Waals surface area contributed by atoms with Crippen LogP contribution in [0.3, 0.4) is 0 Å². The molecule has 1 amide bonds. The van der Waals surface area contributed by atoms with Gasteiger partial charge in [0.1, 0.15) is 17.1 Å². The van der Waals surface area contributed by atoms with Crippen molar-refractivity contribution in [1.29, 1.82) is 0 Å². The summed E-state index contributed by atoms with van der Waals surface area (Å²) in [6.45, 7) is 1.26. The normalized spacial score (nSPS) is 12.6. The number of halogens is 3. The molecule has 2 aromatic rings. The minimum Gasteiger partial charge on any atom is -0.478 e. The lowest BCUT2D eigenvalue weighted by Gasteiger charge is -2.20. The van der Waals surface area contributed by atoms with Gasteiger partial charge in [-0.05, 0) is 18.6 Å². The van der Waals surface area contributed by atoms with Crippen molar-refractivity contribution in [1.82, 2.24) is 5.32 Å². The first-order valence-electron chi connectivity index (χ1n) is 7.39. The maximum atomic E-state index is 13.2. The summed E-state index contributed by atoms with van der Waals surface area (Å²) in [6.07, 6.45) is -5.32. The highest BCUT2D eigenvalue weighted by Gasteiger charge is 2.41. The minimum atomic E-state index is -4.56. The van der Waals surface area contributed by atoms with Gasteiger partial charge in [-0.15, -0.1) is 0 Å². The Hall–Kier alpha value is -2.77. The van der Waals surface area contributed by atoms with E-state index in [9.17, 15) is 22.8 Å². The van der Waals surface area contributed by atoms with Gasteiger partial charge in [0, 0.05) is 6.42 Å². The fraction of sp³-hybridized carbons (Fsp3) is 0.294. The number of furan rings is 1. The smallest absolute Gasteiger partial charge is 0.396 e. The second-order valence-corrected chi connectivity index (χ2v) is 5.47. The largest absolute Gasteiger partial charge is 0.478 e. The van der Waals surface area contributed by atoms with E-state index in [1.165, 1.54) is 37.3 Å². The highest BCUT2D eigenvalue weighted by molar-refractivity contribution is 5.88. The monoisotopic (exact) mass is 355 g/mol. The molecule has 0 spiro atoms. The second kappa shape index (κ2) is 7.42. The maximum Gasteiger partial charge on any atom is 0.396 e. The molecule has 1 aromatic carbocycles. The lowest BCUT2D eigenvalue weighted by molar-refractivity contribution is -0.157. The number of carbonyl (C=O) groups excluding carboxylic acids is 1. The highest BCUT2D eigenvalue weighted by atomic mass is 19.4. The van der Waals surface area contributed by atoms with Crippen LogP contribution >= 0.6 is 0 Å². The summed E-state index contributed by atoms with van der Waals surface area (Å²) in [5, 5.41) is 11.2. The molecule has 0 radical (unpaired) electrons. The van der Waals surface area contributed by atoms with E-state index in [0.29, 0.717) is 0 Å². The second-order valence-electron chi connectivity index (χ2n) is 5.47. The molecule has 0 fully saturated rings. The van der Waals surface area contributed by atoms with Gasteiger partial charge >= 0.3 is 12.1 Å². The molecule has 0 saturated carbocycles. The summed E-state index contributed by atoms with van der Waals surface area (Å²) < 4.78 is 44.8. The van der Waals surface area contributed by atoms with Gasteiger partial charge in [0.25, 0.3) is 0 Å². The first-order valence-corrected chi connectivity index (χ1v) is 7.39. The third kappa shape index (κ3) is 4.85. The molecule has 2 N–H and O–H groups in total. The van der Waals surface area contributed by atoms with Gasteiger partial charge in [0.15, 0.2) is 0 Å². The molecule has 1 atom stereocenters. The quantitative estimate of drug-likeness (QED) is 0.829. The molecule has 0 aliphatic heterocycles. The van der Waals surface area contributed by atoms with Gasteiger partial charge in [0.05, 0.1) is 12.5 Å². The van der Waals surface area contributed by atoms with E-state index in [1.54, 1.807) is 6.07 Å². The predicted molar refractivity (Wildman–Crippen MR) is 82.1 cm³/mol. The molecule has 1 heterocycles. The SMILES string of the molecule is Cc1oc(CNC(=O)CC(c2ccccc2)C(F)(F)F)cc1C(=O)O. The molecule has 25 heavy (non-hydrogen) atoms. The van der Waals surface area contributed by atoms with Crippen molar-refractivity contribution in [2.45, 2.75) is 32.0 Å². The van der Waals surface area contributed by atoms with Crippen LogP contribution in [-0.2, 0) is 11.3 Å². The summed E-state index contributed by atoms with van der Waals surface area (Å²) in [4.78, 5) is 22.8. The third-order valence-electron chi connectivity index (χ3n) is 3.65. The zero-order valence-corrected chi connectivity index (χ0v) is 13.3. The summed E-state index contributed by atoms with van der Waals surface area (Å²) in [6, 6.07) is 8.42. The Labute approximate surface area is 141 Å². The van der Waals surface area contributed by atoms with Crippen molar-refractivity contribution in [3.05, 3.63) is 59.0 Å². The van der Waals surface area contributed by atoms with Gasteiger partial charge in [0.2, 0.25) is 5.91 Å². The molecular weight excluding hydrogens is 339 g/mol. The van der Waals surface area contributed by atoms with Gasteiger partial charge in [-0.25, -0.2) is 4.79 Å². The molecule has 0 bridgehead atoms. The fourth-order valence-corrected chi connectivity index (χ4v) is 2.39. The summed E-state index contributed by atoms with van der Waals surface area (Å²) in [7, 11) is 0. The molecule has 2 rings (SSSR count). The Morgan fingerprint density at radius 1 is 1.24 bits per heavy atom. The Morgan fingerprint density at radius 3 is 2.40 bits per heavy atom. The van der Waals surface area contributed by atoms with Crippen molar-refractivity contribution in [3.63, 3.8) is 0 Å². The highest BCUT2D eigenvalue weighted by Crippen LogP contribution is 2.37. The van der Waals surface area contributed by atoms with Crippen LogP contribution < -0.4 is 5.32 Å². The summed E-state index contributed by atoms with van der Waals surface area (Å²) in [5.74, 6) is -3.58. The maximum absolute atomic E-state index is 13.2. The lowest BCUT2D eigenvalue weighted by Crippen LogP contribution is -2.30. The minimum absolute atomic E-state index is 0.00663. The van der Waals surface area contributed by atoms with Crippen LogP contribution in [0.2, 0.25) is 0 Å². The number of amides is 1. The number of carboxylic acids is 1. The molecule has 134 valence electrons. The average molecular weight is 355 g/mol. The number of aromatic carboxylic acids is 1. The predicted octanol–water partition coefficient (Wildman–Crippen LogP) is 3.64. The number of rotatable bonds is 6. The number of aryl methyl sites for hydroxylation is 1. The molecule has 0 aliphatic carbocycles. The molecule has 1 unspecified atom stereocenters. The topological polar surface area (TPSA) is 79.5 Å². The number of alkyl halides is 3. The zero-order chi connectivity index (χ0) is 18.6. The molecule has 8 heteroatoms. The van der Waals surface area contributed by atoms with Crippen molar-refractivity contribution >= 4 is 11.9 Å². The Balaban J connectivity index is 2.02. The number of benzene rings is 1. The van der Waals surface area contributed by atoms with Crippen LogP contribution in [0.25, 0.3) is 0 Å². The number of nitrogens with one attached hydrogen (secondary N) is 1. The van der Waals surface area contributed by atoms with E-state index in [2.05, 4.69) is 5.32 Å². The molecule has 0 aliphatic rings. The van der Waals surface area contributed by atoms with E-state index in [-0.39, 0.29) is 29.2 Å². The van der Waals surface area contributed by atoms with Gasteiger partial charge in [-0.2, -0.15) is 13.2 Å². The molecule has 5 nitrogen and oxygen atoms in total. The van der Waals surface area contributed by atoms with E-state index in [4.69, 9.17) is 9.52 Å². The van der Waals surface area contributed by atoms with Crippen molar-refractivity contribution in [2.75, 3.05) is 0 Å². The average Bonchev–Trinajstić information content (AvgIpc) is 2.91. The van der Waals surface area contributed by atoms with E-state index >= 15 is 0 Å². The van der Waals surface area contributed by atoms with Gasteiger partial charge < -0.3 is 14.8 Å². The standard InChI is InChI=1S/C17H16F3NO4/c1-10-13(16(23)24)7-12(25-10)9-21-15(22)8-14(17(18,19)20)11-5-3-2-4-6-11/h2-7,14H,8-9H2,1H3,(H,21,22)(H,23,24). The van der Waals surface area contributed by atoms with Crippen LogP contribution in [0.5, 0.6) is 0 Å². The van der Waals surface area contributed by atoms with E-state index in [1.807, 2.05) is 0 Å². The molecular formula is C17H16F3NO4. The van der Waals surface area contributed by atoms with Crippen LogP contribution in [0.15, 0.2) is 40.8 Å². The Kier molecular flexibility index (Phi) is 5.51. The first kappa shape index (κ1) is 18.6. The first-order chi connectivity index (χ1) is 11.7. The molecule has 0 saturated heterocycles.